The second kappa shape index (κ2) is 5.83. The van der Waals surface area contributed by atoms with Crippen molar-refractivity contribution < 1.29 is 13.5 Å². The van der Waals surface area contributed by atoms with E-state index in [4.69, 9.17) is 11.6 Å². The van der Waals surface area contributed by atoms with E-state index < -0.39 is 10.0 Å². The lowest BCUT2D eigenvalue weighted by molar-refractivity contribution is 0.281. The first-order valence-electron chi connectivity index (χ1n) is 5.92. The molecule has 0 radical (unpaired) electrons. The summed E-state index contributed by atoms with van der Waals surface area (Å²) in [4.78, 5) is 0.0899. The number of rotatable bonds is 4. The fourth-order valence-electron chi connectivity index (χ4n) is 1.73. The Morgan fingerprint density at radius 3 is 2.55 bits per heavy atom. The van der Waals surface area contributed by atoms with Crippen LogP contribution in [-0.4, -0.2) is 13.5 Å². The SMILES string of the molecule is Cc1ccc(S(=O)(=O)Nc2ccccc2Cl)cc1CO. The van der Waals surface area contributed by atoms with Gasteiger partial charge in [-0.15, -0.1) is 0 Å². The minimum Gasteiger partial charge on any atom is -0.392 e. The van der Waals surface area contributed by atoms with E-state index in [1.807, 2.05) is 6.92 Å². The van der Waals surface area contributed by atoms with E-state index in [0.717, 1.165) is 5.56 Å². The summed E-state index contributed by atoms with van der Waals surface area (Å²) in [6, 6.07) is 11.2. The van der Waals surface area contributed by atoms with E-state index in [1.165, 1.54) is 12.1 Å². The van der Waals surface area contributed by atoms with Crippen LogP contribution in [0.2, 0.25) is 5.02 Å². The number of halogens is 1. The molecule has 0 heterocycles. The zero-order valence-corrected chi connectivity index (χ0v) is 12.4. The number of hydrogen-bond donors (Lipinski definition) is 2. The summed E-state index contributed by atoms with van der Waals surface area (Å²) >= 11 is 5.93. The Kier molecular flexibility index (Phi) is 4.32. The highest BCUT2D eigenvalue weighted by Crippen LogP contribution is 2.24. The molecule has 106 valence electrons. The Bertz CT molecular complexity index is 729. The van der Waals surface area contributed by atoms with E-state index in [0.29, 0.717) is 16.3 Å². The first-order valence-corrected chi connectivity index (χ1v) is 7.78. The number of anilines is 1. The first kappa shape index (κ1) is 14.8. The van der Waals surface area contributed by atoms with Gasteiger partial charge in [0.25, 0.3) is 10.0 Å². The van der Waals surface area contributed by atoms with Gasteiger partial charge in [-0.3, -0.25) is 4.72 Å². The van der Waals surface area contributed by atoms with Crippen molar-refractivity contribution in [1.29, 1.82) is 0 Å². The molecule has 0 aromatic heterocycles. The highest BCUT2D eigenvalue weighted by molar-refractivity contribution is 7.92. The third-order valence-corrected chi connectivity index (χ3v) is 4.61. The Balaban J connectivity index is 2.38. The van der Waals surface area contributed by atoms with E-state index in [2.05, 4.69) is 4.72 Å². The van der Waals surface area contributed by atoms with Gasteiger partial charge in [-0.05, 0) is 42.3 Å². The van der Waals surface area contributed by atoms with Gasteiger partial charge in [0.05, 0.1) is 22.2 Å². The van der Waals surface area contributed by atoms with Gasteiger partial charge in [0, 0.05) is 0 Å². The van der Waals surface area contributed by atoms with Crippen molar-refractivity contribution in [3.05, 3.63) is 58.6 Å². The van der Waals surface area contributed by atoms with Crippen molar-refractivity contribution >= 4 is 27.3 Å². The van der Waals surface area contributed by atoms with Crippen molar-refractivity contribution in [1.82, 2.24) is 0 Å². The minimum atomic E-state index is -3.73. The van der Waals surface area contributed by atoms with Gasteiger partial charge in [-0.2, -0.15) is 0 Å². The maximum absolute atomic E-state index is 12.3. The zero-order valence-electron chi connectivity index (χ0n) is 10.8. The van der Waals surface area contributed by atoms with Gasteiger partial charge >= 0.3 is 0 Å². The Labute approximate surface area is 123 Å². The molecule has 0 fully saturated rings. The van der Waals surface area contributed by atoms with Crippen LogP contribution in [0.15, 0.2) is 47.4 Å². The van der Waals surface area contributed by atoms with E-state index in [9.17, 15) is 13.5 Å². The average molecular weight is 312 g/mol. The van der Waals surface area contributed by atoms with Crippen LogP contribution in [0, 0.1) is 6.92 Å². The third kappa shape index (κ3) is 3.12. The number of sulfonamides is 1. The van der Waals surface area contributed by atoms with Gasteiger partial charge in [-0.25, -0.2) is 8.42 Å². The molecule has 20 heavy (non-hydrogen) atoms. The highest BCUT2D eigenvalue weighted by atomic mass is 35.5. The minimum absolute atomic E-state index is 0.0899. The van der Waals surface area contributed by atoms with Gasteiger partial charge < -0.3 is 5.11 Å². The molecule has 0 aliphatic rings. The molecule has 6 heteroatoms. The number of hydrogen-bond acceptors (Lipinski definition) is 3. The molecule has 0 bridgehead atoms. The maximum atomic E-state index is 12.3. The Morgan fingerprint density at radius 2 is 1.90 bits per heavy atom. The fourth-order valence-corrected chi connectivity index (χ4v) is 3.10. The first-order chi connectivity index (χ1) is 9.44. The second-order valence-electron chi connectivity index (χ2n) is 4.33. The molecule has 0 atom stereocenters. The lowest BCUT2D eigenvalue weighted by atomic mass is 10.1. The molecule has 0 saturated heterocycles. The number of nitrogens with one attached hydrogen (secondary N) is 1. The van der Waals surface area contributed by atoms with Crippen molar-refractivity contribution in [2.24, 2.45) is 0 Å². The van der Waals surface area contributed by atoms with Crippen molar-refractivity contribution in [2.75, 3.05) is 4.72 Å². The Morgan fingerprint density at radius 1 is 1.20 bits per heavy atom. The van der Waals surface area contributed by atoms with Crippen LogP contribution in [0.1, 0.15) is 11.1 Å². The van der Waals surface area contributed by atoms with Gasteiger partial charge in [0.2, 0.25) is 0 Å². The van der Waals surface area contributed by atoms with Gasteiger partial charge in [-0.1, -0.05) is 29.8 Å². The summed E-state index contributed by atoms with van der Waals surface area (Å²) < 4.78 is 27.0. The highest BCUT2D eigenvalue weighted by Gasteiger charge is 2.16. The van der Waals surface area contributed by atoms with Crippen LogP contribution in [0.4, 0.5) is 5.69 Å². The van der Waals surface area contributed by atoms with E-state index in [1.54, 1.807) is 30.3 Å². The quantitative estimate of drug-likeness (QED) is 0.912. The molecule has 4 nitrogen and oxygen atoms in total. The third-order valence-electron chi connectivity index (χ3n) is 2.92. The monoisotopic (exact) mass is 311 g/mol. The summed E-state index contributed by atoms with van der Waals surface area (Å²) in [5, 5.41) is 9.53. The van der Waals surface area contributed by atoms with E-state index >= 15 is 0 Å². The molecule has 2 aromatic carbocycles. The van der Waals surface area contributed by atoms with Crippen LogP contribution in [0.5, 0.6) is 0 Å². The molecule has 0 saturated carbocycles. The molecule has 0 aliphatic carbocycles. The fraction of sp³-hybridized carbons (Fsp3) is 0.143. The van der Waals surface area contributed by atoms with Crippen LogP contribution < -0.4 is 4.72 Å². The van der Waals surface area contributed by atoms with Crippen molar-refractivity contribution in [2.45, 2.75) is 18.4 Å². The summed E-state index contributed by atoms with van der Waals surface area (Å²) in [6.45, 7) is 1.60. The molecule has 0 spiro atoms. The number of aliphatic hydroxyl groups is 1. The summed E-state index contributed by atoms with van der Waals surface area (Å²) in [7, 11) is -3.73. The summed E-state index contributed by atoms with van der Waals surface area (Å²) in [5.41, 5.74) is 1.73. The number of aliphatic hydroxyl groups excluding tert-OH is 1. The largest absolute Gasteiger partial charge is 0.392 e. The predicted octanol–water partition coefficient (Wildman–Crippen LogP) is 2.94. The zero-order chi connectivity index (χ0) is 14.8. The molecule has 2 aromatic rings. The van der Waals surface area contributed by atoms with E-state index in [-0.39, 0.29) is 11.5 Å². The van der Waals surface area contributed by atoms with Crippen molar-refractivity contribution in [3.8, 4) is 0 Å². The molecular formula is C14H14ClNO3S. The number of para-hydroxylation sites is 1. The average Bonchev–Trinajstić information content (AvgIpc) is 2.41. The molecule has 0 unspecified atom stereocenters. The maximum Gasteiger partial charge on any atom is 0.261 e. The lowest BCUT2D eigenvalue weighted by Crippen LogP contribution is -2.13. The van der Waals surface area contributed by atoms with Crippen LogP contribution in [0.3, 0.4) is 0 Å². The topological polar surface area (TPSA) is 66.4 Å². The molecule has 0 aliphatic heterocycles. The number of benzene rings is 2. The summed E-state index contributed by atoms with van der Waals surface area (Å²) in [5.74, 6) is 0. The van der Waals surface area contributed by atoms with Crippen LogP contribution >= 0.6 is 11.6 Å². The molecular weight excluding hydrogens is 298 g/mol. The van der Waals surface area contributed by atoms with Crippen molar-refractivity contribution in [3.63, 3.8) is 0 Å². The summed E-state index contributed by atoms with van der Waals surface area (Å²) in [6.07, 6.45) is 0. The predicted molar refractivity (Wildman–Crippen MR) is 79.4 cm³/mol. The van der Waals surface area contributed by atoms with Crippen LogP contribution in [-0.2, 0) is 16.6 Å². The Hall–Kier alpha value is -1.56. The molecule has 2 rings (SSSR count). The van der Waals surface area contributed by atoms with Gasteiger partial charge in [0.15, 0.2) is 0 Å². The number of aryl methyl sites for hydroxylation is 1. The lowest BCUT2D eigenvalue weighted by Gasteiger charge is -2.11. The second-order valence-corrected chi connectivity index (χ2v) is 6.42. The smallest absolute Gasteiger partial charge is 0.261 e. The normalized spacial score (nSPS) is 11.3. The van der Waals surface area contributed by atoms with Gasteiger partial charge in [0.1, 0.15) is 0 Å². The standard InChI is InChI=1S/C14H14ClNO3S/c1-10-6-7-12(8-11(10)9-17)20(18,19)16-14-5-3-2-4-13(14)15/h2-8,16-17H,9H2,1H3. The van der Waals surface area contributed by atoms with Crippen LogP contribution in [0.25, 0.3) is 0 Å². The molecule has 0 amide bonds. The molecule has 2 N–H and O–H groups in total.